The second-order valence-electron chi connectivity index (χ2n) is 5.91. The van der Waals surface area contributed by atoms with E-state index in [1.165, 1.54) is 0 Å². The lowest BCUT2D eigenvalue weighted by Crippen LogP contribution is -2.07. The van der Waals surface area contributed by atoms with Gasteiger partial charge >= 0.3 is 5.97 Å². The van der Waals surface area contributed by atoms with Crippen molar-refractivity contribution in [1.82, 2.24) is 9.97 Å². The van der Waals surface area contributed by atoms with E-state index in [0.29, 0.717) is 11.6 Å². The topological polar surface area (TPSA) is 88.3 Å². The molecule has 26 heavy (non-hydrogen) atoms. The van der Waals surface area contributed by atoms with E-state index in [1.54, 1.807) is 30.5 Å². The number of carbonyl (C=O) groups is 1. The summed E-state index contributed by atoms with van der Waals surface area (Å²) < 4.78 is 5.45. The number of furan rings is 1. The van der Waals surface area contributed by atoms with E-state index in [4.69, 9.17) is 9.52 Å². The minimum atomic E-state index is -0.946. The van der Waals surface area contributed by atoms with E-state index in [0.717, 1.165) is 42.0 Å². The van der Waals surface area contributed by atoms with Crippen molar-refractivity contribution in [3.63, 3.8) is 0 Å². The number of hydrogen-bond acceptors (Lipinski definition) is 5. The molecule has 3 aromatic rings. The summed E-state index contributed by atoms with van der Waals surface area (Å²) in [4.78, 5) is 20.4. The Hall–Kier alpha value is -3.15. The minimum Gasteiger partial charge on any atom is -0.478 e. The van der Waals surface area contributed by atoms with Crippen molar-refractivity contribution in [2.45, 2.75) is 33.1 Å². The molecule has 0 bridgehead atoms. The monoisotopic (exact) mass is 351 g/mol. The Morgan fingerprint density at radius 1 is 1.15 bits per heavy atom. The zero-order valence-corrected chi connectivity index (χ0v) is 14.8. The van der Waals surface area contributed by atoms with Gasteiger partial charge in [0.25, 0.3) is 0 Å². The van der Waals surface area contributed by atoms with Gasteiger partial charge in [-0.25, -0.2) is 14.8 Å². The third kappa shape index (κ3) is 3.74. The largest absolute Gasteiger partial charge is 0.478 e. The van der Waals surface area contributed by atoms with Crippen LogP contribution in [-0.2, 0) is 12.8 Å². The number of aromatic carboxylic acids is 1. The number of aromatic nitrogens is 2. The van der Waals surface area contributed by atoms with Gasteiger partial charge in [0.1, 0.15) is 5.82 Å². The van der Waals surface area contributed by atoms with Crippen LogP contribution in [0.15, 0.2) is 47.1 Å². The molecule has 0 radical (unpaired) electrons. The van der Waals surface area contributed by atoms with E-state index in [1.807, 2.05) is 12.1 Å². The molecule has 0 aliphatic rings. The van der Waals surface area contributed by atoms with Gasteiger partial charge in [-0.15, -0.1) is 0 Å². The molecular weight excluding hydrogens is 330 g/mol. The molecule has 0 saturated heterocycles. The Kier molecular flexibility index (Phi) is 5.31. The number of carboxylic acids is 1. The molecule has 1 aromatic carbocycles. The average Bonchev–Trinajstić information content (AvgIpc) is 3.18. The molecule has 6 heteroatoms. The molecule has 0 amide bonds. The quantitative estimate of drug-likeness (QED) is 0.642. The van der Waals surface area contributed by atoms with Crippen molar-refractivity contribution >= 4 is 17.5 Å². The van der Waals surface area contributed by atoms with Gasteiger partial charge in [0.05, 0.1) is 11.8 Å². The number of nitrogens with zero attached hydrogens (tertiary/aromatic N) is 2. The van der Waals surface area contributed by atoms with Crippen LogP contribution in [0.3, 0.4) is 0 Å². The Morgan fingerprint density at radius 3 is 2.50 bits per heavy atom. The van der Waals surface area contributed by atoms with Gasteiger partial charge in [-0.3, -0.25) is 0 Å². The van der Waals surface area contributed by atoms with Crippen LogP contribution >= 0.6 is 0 Å². The van der Waals surface area contributed by atoms with E-state index < -0.39 is 5.97 Å². The molecule has 2 heterocycles. The minimum absolute atomic E-state index is 0.248. The van der Waals surface area contributed by atoms with Crippen molar-refractivity contribution in [3.05, 3.63) is 59.5 Å². The average molecular weight is 351 g/mol. The molecule has 6 nitrogen and oxygen atoms in total. The number of anilines is 2. The zero-order valence-electron chi connectivity index (χ0n) is 14.8. The lowest BCUT2D eigenvalue weighted by Gasteiger charge is -2.15. The second kappa shape index (κ2) is 7.82. The van der Waals surface area contributed by atoms with Crippen molar-refractivity contribution in [3.8, 4) is 11.6 Å². The highest BCUT2D eigenvalue weighted by molar-refractivity contribution is 5.88. The van der Waals surface area contributed by atoms with Gasteiger partial charge in [0.2, 0.25) is 0 Å². The third-order valence-corrected chi connectivity index (χ3v) is 4.06. The summed E-state index contributed by atoms with van der Waals surface area (Å²) in [5, 5.41) is 12.4. The molecule has 0 aliphatic heterocycles. The van der Waals surface area contributed by atoms with Gasteiger partial charge in [-0.05, 0) is 49.2 Å². The number of nitrogens with one attached hydrogen (secondary N) is 1. The van der Waals surface area contributed by atoms with Crippen LogP contribution in [0.4, 0.5) is 11.5 Å². The highest BCUT2D eigenvalue weighted by atomic mass is 16.4. The van der Waals surface area contributed by atoms with Crippen molar-refractivity contribution in [1.29, 1.82) is 0 Å². The Labute approximate surface area is 151 Å². The predicted octanol–water partition coefficient (Wildman–Crippen LogP) is 4.69. The SMILES string of the molecule is CCCc1c(CC)nc(-c2ccco2)nc1Nc1ccc(C(=O)O)cc1. The highest BCUT2D eigenvalue weighted by Gasteiger charge is 2.16. The van der Waals surface area contributed by atoms with Crippen LogP contribution in [0, 0.1) is 0 Å². The van der Waals surface area contributed by atoms with Crippen LogP contribution in [0.25, 0.3) is 11.6 Å². The molecule has 0 unspecified atom stereocenters. The summed E-state index contributed by atoms with van der Waals surface area (Å²) in [7, 11) is 0. The fourth-order valence-electron chi connectivity index (χ4n) is 2.79. The van der Waals surface area contributed by atoms with Gasteiger partial charge < -0.3 is 14.8 Å². The van der Waals surface area contributed by atoms with Gasteiger partial charge in [-0.1, -0.05) is 20.3 Å². The lowest BCUT2D eigenvalue weighted by atomic mass is 10.1. The third-order valence-electron chi connectivity index (χ3n) is 4.06. The van der Waals surface area contributed by atoms with Crippen molar-refractivity contribution in [2.24, 2.45) is 0 Å². The second-order valence-corrected chi connectivity index (χ2v) is 5.91. The molecule has 3 rings (SSSR count). The van der Waals surface area contributed by atoms with E-state index in [-0.39, 0.29) is 5.56 Å². The molecule has 2 N–H and O–H groups in total. The van der Waals surface area contributed by atoms with E-state index >= 15 is 0 Å². The normalized spacial score (nSPS) is 10.7. The lowest BCUT2D eigenvalue weighted by molar-refractivity contribution is 0.0697. The van der Waals surface area contributed by atoms with E-state index in [2.05, 4.69) is 29.1 Å². The standard InChI is InChI=1S/C20H21N3O3/c1-3-6-15-16(4-2)22-19(17-7-5-12-26-17)23-18(15)21-14-10-8-13(9-11-14)20(24)25/h5,7-12H,3-4,6H2,1-2H3,(H,24,25)(H,21,22,23). The summed E-state index contributed by atoms with van der Waals surface area (Å²) in [6.07, 6.45) is 4.22. The number of hydrogen-bond donors (Lipinski definition) is 2. The molecule has 0 spiro atoms. The maximum absolute atomic E-state index is 11.0. The van der Waals surface area contributed by atoms with Gasteiger partial charge in [0.15, 0.2) is 11.6 Å². The maximum atomic E-state index is 11.0. The molecule has 0 aliphatic carbocycles. The summed E-state index contributed by atoms with van der Waals surface area (Å²) in [5.74, 6) is 0.940. The van der Waals surface area contributed by atoms with Crippen LogP contribution < -0.4 is 5.32 Å². The first kappa shape index (κ1) is 17.7. The number of aryl methyl sites for hydroxylation is 1. The maximum Gasteiger partial charge on any atom is 0.335 e. The summed E-state index contributed by atoms with van der Waals surface area (Å²) >= 11 is 0. The number of benzene rings is 1. The first-order valence-corrected chi connectivity index (χ1v) is 8.66. The first-order valence-electron chi connectivity index (χ1n) is 8.66. The Morgan fingerprint density at radius 2 is 1.92 bits per heavy atom. The highest BCUT2D eigenvalue weighted by Crippen LogP contribution is 2.27. The summed E-state index contributed by atoms with van der Waals surface area (Å²) in [6.45, 7) is 4.18. The van der Waals surface area contributed by atoms with Crippen LogP contribution in [0.5, 0.6) is 0 Å². The first-order chi connectivity index (χ1) is 12.6. The smallest absolute Gasteiger partial charge is 0.335 e. The molecular formula is C20H21N3O3. The van der Waals surface area contributed by atoms with Crippen molar-refractivity contribution in [2.75, 3.05) is 5.32 Å². The number of rotatable bonds is 7. The van der Waals surface area contributed by atoms with Crippen LogP contribution in [0.2, 0.25) is 0 Å². The predicted molar refractivity (Wildman–Crippen MR) is 99.8 cm³/mol. The Bertz CT molecular complexity index is 887. The zero-order chi connectivity index (χ0) is 18.5. The molecule has 2 aromatic heterocycles. The summed E-state index contributed by atoms with van der Waals surface area (Å²) in [6, 6.07) is 10.2. The number of carboxylic acid groups (broad SMARTS) is 1. The van der Waals surface area contributed by atoms with Crippen molar-refractivity contribution < 1.29 is 14.3 Å². The van der Waals surface area contributed by atoms with Gasteiger partial charge in [0, 0.05) is 16.9 Å². The molecule has 0 fully saturated rings. The fourth-order valence-corrected chi connectivity index (χ4v) is 2.79. The van der Waals surface area contributed by atoms with E-state index in [9.17, 15) is 4.79 Å². The fraction of sp³-hybridized carbons (Fsp3) is 0.250. The Balaban J connectivity index is 2.02. The molecule has 134 valence electrons. The van der Waals surface area contributed by atoms with Crippen LogP contribution in [0.1, 0.15) is 41.9 Å². The molecule has 0 atom stereocenters. The van der Waals surface area contributed by atoms with Crippen LogP contribution in [-0.4, -0.2) is 21.0 Å². The summed E-state index contributed by atoms with van der Waals surface area (Å²) in [5.41, 5.74) is 3.08. The van der Waals surface area contributed by atoms with Gasteiger partial charge in [-0.2, -0.15) is 0 Å². The molecule has 0 saturated carbocycles.